The van der Waals surface area contributed by atoms with Crippen LogP contribution >= 0.6 is 27.5 Å². The molecule has 2 aromatic rings. The number of nitrogens with zero attached hydrogens (tertiary/aromatic N) is 2. The molecule has 0 saturated heterocycles. The molecule has 1 aromatic heterocycles. The number of fused-ring (bicyclic) bond motifs is 1. The molecule has 0 spiro atoms. The van der Waals surface area contributed by atoms with E-state index in [0.717, 1.165) is 42.4 Å². The molecule has 1 heterocycles. The summed E-state index contributed by atoms with van der Waals surface area (Å²) in [6.45, 7) is 2.06. The molecular formula is C17H20BrClN2O. The number of hydrogen-bond acceptors (Lipinski definition) is 2. The van der Waals surface area contributed by atoms with Gasteiger partial charge in [0.05, 0.1) is 12.6 Å². The molecule has 5 heteroatoms. The average molecular weight is 384 g/mol. The van der Waals surface area contributed by atoms with Crippen LogP contribution < -0.4 is 0 Å². The van der Waals surface area contributed by atoms with Gasteiger partial charge in [-0.25, -0.2) is 4.98 Å². The maximum absolute atomic E-state index is 9.49. The predicted molar refractivity (Wildman–Crippen MR) is 92.4 cm³/mol. The molecule has 1 aliphatic carbocycles. The van der Waals surface area contributed by atoms with Gasteiger partial charge in [0.2, 0.25) is 0 Å². The van der Waals surface area contributed by atoms with Crippen LogP contribution in [0.1, 0.15) is 54.9 Å². The van der Waals surface area contributed by atoms with Crippen LogP contribution in [-0.2, 0) is 19.4 Å². The van der Waals surface area contributed by atoms with Crippen LogP contribution in [0.15, 0.2) is 22.7 Å². The Balaban J connectivity index is 2.03. The highest BCUT2D eigenvalue weighted by atomic mass is 79.9. The average Bonchev–Trinajstić information content (AvgIpc) is 3.05. The minimum absolute atomic E-state index is 0.106. The number of halogens is 2. The maximum atomic E-state index is 9.49. The quantitative estimate of drug-likeness (QED) is 0.815. The van der Waals surface area contributed by atoms with E-state index in [0.29, 0.717) is 10.8 Å². The van der Waals surface area contributed by atoms with Gasteiger partial charge in [-0.1, -0.05) is 46.9 Å². The molecule has 118 valence electrons. The summed E-state index contributed by atoms with van der Waals surface area (Å²) >= 11 is 10.1. The Morgan fingerprint density at radius 2 is 2.27 bits per heavy atom. The topological polar surface area (TPSA) is 38.1 Å². The minimum Gasteiger partial charge on any atom is -0.390 e. The minimum atomic E-state index is -0.106. The summed E-state index contributed by atoms with van der Waals surface area (Å²) in [7, 11) is 0. The van der Waals surface area contributed by atoms with Gasteiger partial charge in [0.25, 0.3) is 0 Å². The number of hydrogen-bond donors (Lipinski definition) is 1. The molecule has 3 rings (SSSR count). The Hall–Kier alpha value is -0.840. The summed E-state index contributed by atoms with van der Waals surface area (Å²) in [4.78, 5) is 4.57. The molecule has 0 amide bonds. The van der Waals surface area contributed by atoms with Crippen molar-refractivity contribution in [1.82, 2.24) is 9.55 Å². The van der Waals surface area contributed by atoms with E-state index in [9.17, 15) is 5.11 Å². The lowest BCUT2D eigenvalue weighted by Gasteiger charge is -2.18. The van der Waals surface area contributed by atoms with Gasteiger partial charge >= 0.3 is 0 Å². The largest absolute Gasteiger partial charge is 0.390 e. The van der Waals surface area contributed by atoms with E-state index < -0.39 is 0 Å². The molecule has 0 fully saturated rings. The van der Waals surface area contributed by atoms with Crippen LogP contribution in [0.4, 0.5) is 0 Å². The number of benzene rings is 1. The zero-order valence-corrected chi connectivity index (χ0v) is 15.0. The van der Waals surface area contributed by atoms with Gasteiger partial charge in [0, 0.05) is 10.9 Å². The third kappa shape index (κ3) is 2.84. The Kier molecular flexibility index (Phi) is 4.91. The molecule has 0 bridgehead atoms. The second-order valence-electron chi connectivity index (χ2n) is 5.79. The highest BCUT2D eigenvalue weighted by Gasteiger charge is 2.28. The summed E-state index contributed by atoms with van der Waals surface area (Å²) in [5.41, 5.74) is 3.29. The summed E-state index contributed by atoms with van der Waals surface area (Å²) in [5, 5.41) is 10.1. The SMILES string of the molecule is CCCCc1nc(CO)c(Cl)n1C1CCc2cc(Br)ccc21. The van der Waals surface area contributed by atoms with E-state index in [4.69, 9.17) is 11.6 Å². The second kappa shape index (κ2) is 6.73. The summed E-state index contributed by atoms with van der Waals surface area (Å²) < 4.78 is 3.26. The Morgan fingerprint density at radius 3 is 3.00 bits per heavy atom. The number of imidazole rings is 1. The predicted octanol–water partition coefficient (Wildman–Crippen LogP) is 4.67. The number of unbranched alkanes of at least 4 members (excludes halogenated alkanes) is 1. The van der Waals surface area contributed by atoms with Crippen molar-refractivity contribution in [2.45, 2.75) is 51.7 Å². The summed E-state index contributed by atoms with van der Waals surface area (Å²) in [6, 6.07) is 6.69. The van der Waals surface area contributed by atoms with Crippen molar-refractivity contribution in [1.29, 1.82) is 0 Å². The van der Waals surface area contributed by atoms with Gasteiger partial charge < -0.3 is 9.67 Å². The van der Waals surface area contributed by atoms with Gasteiger partial charge in [0.15, 0.2) is 0 Å². The standard InChI is InChI=1S/C17H20BrClN2O/c1-2-3-4-16-20-14(10-22)17(19)21(16)15-8-5-11-9-12(18)6-7-13(11)15/h6-7,9,15,22H,2-5,8,10H2,1H3. The van der Waals surface area contributed by atoms with Crippen molar-refractivity contribution >= 4 is 27.5 Å². The van der Waals surface area contributed by atoms with Crippen molar-refractivity contribution in [3.63, 3.8) is 0 Å². The van der Waals surface area contributed by atoms with Gasteiger partial charge in [-0.2, -0.15) is 0 Å². The molecule has 0 radical (unpaired) electrons. The Bertz CT molecular complexity index is 684. The Labute approximate surface area is 144 Å². The first-order chi connectivity index (χ1) is 10.7. The van der Waals surface area contributed by atoms with Crippen molar-refractivity contribution in [3.05, 3.63) is 50.5 Å². The zero-order chi connectivity index (χ0) is 15.7. The summed E-state index contributed by atoms with van der Waals surface area (Å²) in [5.74, 6) is 0.997. The van der Waals surface area contributed by atoms with Crippen LogP contribution in [0.25, 0.3) is 0 Å². The van der Waals surface area contributed by atoms with E-state index in [1.165, 1.54) is 11.1 Å². The first-order valence-electron chi connectivity index (χ1n) is 7.80. The number of aliphatic hydroxyl groups is 1. The van der Waals surface area contributed by atoms with Gasteiger partial charge in [-0.05, 0) is 42.5 Å². The van der Waals surface area contributed by atoms with Crippen molar-refractivity contribution in [2.75, 3.05) is 0 Å². The second-order valence-corrected chi connectivity index (χ2v) is 7.07. The molecule has 1 atom stereocenters. The van der Waals surface area contributed by atoms with Crippen LogP contribution in [-0.4, -0.2) is 14.7 Å². The molecule has 1 aliphatic rings. The van der Waals surface area contributed by atoms with Crippen LogP contribution in [0, 0.1) is 0 Å². The summed E-state index contributed by atoms with van der Waals surface area (Å²) in [6.07, 6.45) is 5.19. The lowest BCUT2D eigenvalue weighted by molar-refractivity contribution is 0.277. The Morgan fingerprint density at radius 1 is 1.45 bits per heavy atom. The number of aromatic nitrogens is 2. The molecule has 1 aromatic carbocycles. The fourth-order valence-electron chi connectivity index (χ4n) is 3.27. The maximum Gasteiger partial charge on any atom is 0.135 e. The zero-order valence-electron chi connectivity index (χ0n) is 12.6. The van der Waals surface area contributed by atoms with Crippen molar-refractivity contribution < 1.29 is 5.11 Å². The van der Waals surface area contributed by atoms with Gasteiger partial charge in [-0.15, -0.1) is 0 Å². The molecule has 3 nitrogen and oxygen atoms in total. The fourth-order valence-corrected chi connectivity index (χ4v) is 3.99. The molecule has 1 N–H and O–H groups in total. The lowest BCUT2D eigenvalue weighted by atomic mass is 10.1. The molecular weight excluding hydrogens is 364 g/mol. The van der Waals surface area contributed by atoms with Crippen LogP contribution in [0.2, 0.25) is 5.15 Å². The van der Waals surface area contributed by atoms with Crippen molar-refractivity contribution in [3.8, 4) is 0 Å². The van der Waals surface area contributed by atoms with E-state index in [-0.39, 0.29) is 12.6 Å². The first kappa shape index (κ1) is 16.0. The number of aryl methyl sites for hydroxylation is 2. The monoisotopic (exact) mass is 382 g/mol. The van der Waals surface area contributed by atoms with E-state index in [2.05, 4.69) is 50.6 Å². The van der Waals surface area contributed by atoms with E-state index in [1.54, 1.807) is 0 Å². The van der Waals surface area contributed by atoms with Crippen molar-refractivity contribution in [2.24, 2.45) is 0 Å². The fraction of sp³-hybridized carbons (Fsp3) is 0.471. The van der Waals surface area contributed by atoms with E-state index >= 15 is 0 Å². The highest BCUT2D eigenvalue weighted by molar-refractivity contribution is 9.10. The lowest BCUT2D eigenvalue weighted by Crippen LogP contribution is -2.11. The van der Waals surface area contributed by atoms with E-state index in [1.807, 2.05) is 0 Å². The third-order valence-corrected chi connectivity index (χ3v) is 5.25. The highest BCUT2D eigenvalue weighted by Crippen LogP contribution is 2.39. The molecule has 22 heavy (non-hydrogen) atoms. The molecule has 0 saturated carbocycles. The third-order valence-electron chi connectivity index (χ3n) is 4.36. The number of aliphatic hydroxyl groups excluding tert-OH is 1. The van der Waals surface area contributed by atoms with Gasteiger partial charge in [0.1, 0.15) is 16.7 Å². The first-order valence-corrected chi connectivity index (χ1v) is 8.97. The van der Waals surface area contributed by atoms with Crippen LogP contribution in [0.3, 0.4) is 0 Å². The number of rotatable bonds is 5. The van der Waals surface area contributed by atoms with Gasteiger partial charge in [-0.3, -0.25) is 0 Å². The normalized spacial score (nSPS) is 17.0. The van der Waals surface area contributed by atoms with Crippen LogP contribution in [0.5, 0.6) is 0 Å². The smallest absolute Gasteiger partial charge is 0.135 e. The molecule has 1 unspecified atom stereocenters. The molecule has 0 aliphatic heterocycles.